The highest BCUT2D eigenvalue weighted by molar-refractivity contribution is 6.34. The van der Waals surface area contributed by atoms with Crippen LogP contribution in [0.4, 0.5) is 5.69 Å². The van der Waals surface area contributed by atoms with Crippen LogP contribution in [0.1, 0.15) is 6.92 Å². The number of carbonyl (C=O) groups excluding carboxylic acids is 1. The molecular formula is C12H17ClN2O2. The van der Waals surface area contributed by atoms with E-state index in [-0.39, 0.29) is 11.8 Å². The molecule has 17 heavy (non-hydrogen) atoms. The lowest BCUT2D eigenvalue weighted by Gasteiger charge is -2.22. The fourth-order valence-corrected chi connectivity index (χ4v) is 1.73. The smallest absolute Gasteiger partial charge is 0.230 e. The van der Waals surface area contributed by atoms with Gasteiger partial charge in [-0.1, -0.05) is 18.5 Å². The minimum Gasteiger partial charge on any atom is -0.497 e. The van der Waals surface area contributed by atoms with Crippen LogP contribution in [0.25, 0.3) is 0 Å². The molecule has 0 aliphatic rings. The number of carbonyl (C=O) groups is 1. The third kappa shape index (κ3) is 3.11. The molecule has 0 aliphatic heterocycles. The summed E-state index contributed by atoms with van der Waals surface area (Å²) >= 11 is 6.09. The molecule has 1 rings (SSSR count). The van der Waals surface area contributed by atoms with Gasteiger partial charge in [-0.05, 0) is 12.1 Å². The quantitative estimate of drug-likeness (QED) is 0.895. The molecule has 0 radical (unpaired) electrons. The summed E-state index contributed by atoms with van der Waals surface area (Å²) in [4.78, 5) is 13.5. The number of nitrogens with two attached hydrogens (primary N) is 1. The van der Waals surface area contributed by atoms with Gasteiger partial charge >= 0.3 is 0 Å². The van der Waals surface area contributed by atoms with Crippen molar-refractivity contribution in [2.45, 2.75) is 6.92 Å². The summed E-state index contributed by atoms with van der Waals surface area (Å²) in [6.45, 7) is 2.10. The molecule has 0 bridgehead atoms. The molecule has 0 aliphatic carbocycles. The number of hydrogen-bond donors (Lipinski definition) is 1. The molecule has 2 N–H and O–H groups in total. The maximum absolute atomic E-state index is 11.9. The standard InChI is InChI=1S/C12H17ClN2O2/c1-8(7-14)12(16)15(2)11-5-4-9(17-3)6-10(11)13/h4-6,8H,7,14H2,1-3H3. The molecular weight excluding hydrogens is 240 g/mol. The van der Waals surface area contributed by atoms with Crippen molar-refractivity contribution >= 4 is 23.2 Å². The van der Waals surface area contributed by atoms with Gasteiger partial charge in [0.1, 0.15) is 5.75 Å². The van der Waals surface area contributed by atoms with Crippen molar-refractivity contribution in [3.63, 3.8) is 0 Å². The zero-order chi connectivity index (χ0) is 13.0. The van der Waals surface area contributed by atoms with Crippen molar-refractivity contribution in [1.82, 2.24) is 0 Å². The lowest BCUT2D eigenvalue weighted by Crippen LogP contribution is -2.35. The second-order valence-electron chi connectivity index (χ2n) is 3.85. The summed E-state index contributed by atoms with van der Waals surface area (Å²) in [5.41, 5.74) is 6.12. The summed E-state index contributed by atoms with van der Waals surface area (Å²) in [7, 11) is 3.25. The first-order valence-corrected chi connectivity index (χ1v) is 5.70. The van der Waals surface area contributed by atoms with Gasteiger partial charge in [-0.2, -0.15) is 0 Å². The van der Waals surface area contributed by atoms with E-state index in [0.29, 0.717) is 23.0 Å². The Morgan fingerprint density at radius 1 is 1.59 bits per heavy atom. The minimum absolute atomic E-state index is 0.0560. The van der Waals surface area contributed by atoms with E-state index in [0.717, 1.165) is 0 Å². The highest BCUT2D eigenvalue weighted by atomic mass is 35.5. The number of rotatable bonds is 4. The van der Waals surface area contributed by atoms with Crippen LogP contribution in [0.3, 0.4) is 0 Å². The van der Waals surface area contributed by atoms with E-state index >= 15 is 0 Å². The van der Waals surface area contributed by atoms with E-state index < -0.39 is 0 Å². The zero-order valence-corrected chi connectivity index (χ0v) is 11.0. The molecule has 0 saturated carbocycles. The number of anilines is 1. The lowest BCUT2D eigenvalue weighted by atomic mass is 10.1. The average molecular weight is 257 g/mol. The average Bonchev–Trinajstić information content (AvgIpc) is 2.35. The van der Waals surface area contributed by atoms with Crippen LogP contribution in [-0.2, 0) is 4.79 Å². The van der Waals surface area contributed by atoms with E-state index in [4.69, 9.17) is 22.1 Å². The molecule has 0 aromatic heterocycles. The first-order chi connectivity index (χ1) is 8.01. The first kappa shape index (κ1) is 13.8. The van der Waals surface area contributed by atoms with Gasteiger partial charge in [-0.25, -0.2) is 0 Å². The molecule has 1 aromatic carbocycles. The predicted octanol–water partition coefficient (Wildman–Crippen LogP) is 1.91. The van der Waals surface area contributed by atoms with Gasteiger partial charge < -0.3 is 15.4 Å². The Bertz CT molecular complexity index is 409. The molecule has 0 heterocycles. The van der Waals surface area contributed by atoms with Crippen molar-refractivity contribution in [3.8, 4) is 5.75 Å². The van der Waals surface area contributed by atoms with Crippen molar-refractivity contribution in [3.05, 3.63) is 23.2 Å². The van der Waals surface area contributed by atoms with Crippen LogP contribution in [0.2, 0.25) is 5.02 Å². The summed E-state index contributed by atoms with van der Waals surface area (Å²) in [5, 5.41) is 0.476. The van der Waals surface area contributed by atoms with Crippen molar-refractivity contribution in [2.24, 2.45) is 11.7 Å². The monoisotopic (exact) mass is 256 g/mol. The number of hydrogen-bond acceptors (Lipinski definition) is 3. The highest BCUT2D eigenvalue weighted by Crippen LogP contribution is 2.29. The fourth-order valence-electron chi connectivity index (χ4n) is 1.44. The van der Waals surface area contributed by atoms with Gasteiger partial charge in [-0.3, -0.25) is 4.79 Å². The van der Waals surface area contributed by atoms with E-state index in [1.54, 1.807) is 39.3 Å². The maximum Gasteiger partial charge on any atom is 0.230 e. The van der Waals surface area contributed by atoms with Crippen molar-refractivity contribution in [2.75, 3.05) is 25.6 Å². The number of nitrogens with zero attached hydrogens (tertiary/aromatic N) is 1. The predicted molar refractivity (Wildman–Crippen MR) is 69.6 cm³/mol. The molecule has 1 amide bonds. The van der Waals surface area contributed by atoms with Crippen molar-refractivity contribution in [1.29, 1.82) is 0 Å². The molecule has 0 saturated heterocycles. The SMILES string of the molecule is COc1ccc(N(C)C(=O)C(C)CN)c(Cl)c1. The molecule has 1 aromatic rings. The highest BCUT2D eigenvalue weighted by Gasteiger charge is 2.19. The molecule has 0 spiro atoms. The van der Waals surface area contributed by atoms with Crippen molar-refractivity contribution < 1.29 is 9.53 Å². The summed E-state index contributed by atoms with van der Waals surface area (Å²) < 4.78 is 5.05. The van der Waals surface area contributed by atoms with Crippen LogP contribution >= 0.6 is 11.6 Å². The first-order valence-electron chi connectivity index (χ1n) is 5.32. The largest absolute Gasteiger partial charge is 0.497 e. The Kier molecular flexibility index (Phi) is 4.78. The zero-order valence-electron chi connectivity index (χ0n) is 10.2. The second kappa shape index (κ2) is 5.89. The van der Waals surface area contributed by atoms with Gasteiger partial charge in [0.2, 0.25) is 5.91 Å². The second-order valence-corrected chi connectivity index (χ2v) is 4.26. The summed E-state index contributed by atoms with van der Waals surface area (Å²) in [6.07, 6.45) is 0. The van der Waals surface area contributed by atoms with E-state index in [1.165, 1.54) is 4.90 Å². The molecule has 1 unspecified atom stereocenters. The normalized spacial score (nSPS) is 12.1. The number of amides is 1. The Hall–Kier alpha value is -1.26. The maximum atomic E-state index is 11.9. The third-order valence-corrected chi connectivity index (χ3v) is 2.92. The van der Waals surface area contributed by atoms with Crippen LogP contribution in [0, 0.1) is 5.92 Å². The minimum atomic E-state index is -0.224. The Balaban J connectivity index is 2.96. The molecule has 94 valence electrons. The van der Waals surface area contributed by atoms with Gasteiger partial charge in [0, 0.05) is 25.6 Å². The fraction of sp³-hybridized carbons (Fsp3) is 0.417. The topological polar surface area (TPSA) is 55.6 Å². The van der Waals surface area contributed by atoms with E-state index in [9.17, 15) is 4.79 Å². The summed E-state index contributed by atoms with van der Waals surface area (Å²) in [6, 6.07) is 5.19. The molecule has 5 heteroatoms. The van der Waals surface area contributed by atoms with E-state index in [2.05, 4.69) is 0 Å². The van der Waals surface area contributed by atoms with Crippen LogP contribution in [0.5, 0.6) is 5.75 Å². The molecule has 1 atom stereocenters. The van der Waals surface area contributed by atoms with E-state index in [1.807, 2.05) is 0 Å². The Labute approximate surface area is 106 Å². The Morgan fingerprint density at radius 3 is 2.71 bits per heavy atom. The van der Waals surface area contributed by atoms with Gasteiger partial charge in [0.25, 0.3) is 0 Å². The van der Waals surface area contributed by atoms with Crippen LogP contribution < -0.4 is 15.4 Å². The van der Waals surface area contributed by atoms with Crippen LogP contribution in [-0.4, -0.2) is 26.6 Å². The third-order valence-electron chi connectivity index (χ3n) is 2.62. The lowest BCUT2D eigenvalue weighted by molar-refractivity contribution is -0.121. The Morgan fingerprint density at radius 2 is 2.24 bits per heavy atom. The van der Waals surface area contributed by atoms with Gasteiger partial charge in [-0.15, -0.1) is 0 Å². The summed E-state index contributed by atoms with van der Waals surface area (Å²) in [5.74, 6) is 0.379. The number of methoxy groups -OCH3 is 1. The van der Waals surface area contributed by atoms with Crippen LogP contribution in [0.15, 0.2) is 18.2 Å². The number of benzene rings is 1. The number of halogens is 1. The molecule has 0 fully saturated rings. The van der Waals surface area contributed by atoms with Gasteiger partial charge in [0.15, 0.2) is 0 Å². The molecule has 4 nitrogen and oxygen atoms in total. The van der Waals surface area contributed by atoms with Gasteiger partial charge in [0.05, 0.1) is 17.8 Å². The number of ether oxygens (including phenoxy) is 1.